The van der Waals surface area contributed by atoms with Crippen molar-refractivity contribution in [1.29, 1.82) is 5.41 Å². The molecule has 2 heterocycles. The van der Waals surface area contributed by atoms with E-state index >= 15 is 0 Å². The number of hydrogen-bond acceptors (Lipinski definition) is 6. The lowest BCUT2D eigenvalue weighted by molar-refractivity contribution is -0.137. The van der Waals surface area contributed by atoms with Gasteiger partial charge in [0.15, 0.2) is 0 Å². The average Bonchev–Trinajstić information content (AvgIpc) is 3.68. The Labute approximate surface area is 247 Å². The zero-order chi connectivity index (χ0) is 29.5. The quantitative estimate of drug-likeness (QED) is 0.164. The molecule has 42 heavy (non-hydrogen) atoms. The van der Waals surface area contributed by atoms with E-state index in [4.69, 9.17) is 15.9 Å². The second kappa shape index (κ2) is 13.1. The largest absolute Gasteiger partial charge is 0.457 e. The molecule has 214 valence electrons. The highest BCUT2D eigenvalue weighted by Crippen LogP contribution is 2.32. The van der Waals surface area contributed by atoms with Crippen molar-refractivity contribution in [2.45, 2.75) is 24.9 Å². The van der Waals surface area contributed by atoms with E-state index in [1.54, 1.807) is 40.6 Å². The number of amidine groups is 1. The molecule has 5 rings (SSSR count). The lowest BCUT2D eigenvalue weighted by Gasteiger charge is -2.24. The van der Waals surface area contributed by atoms with Gasteiger partial charge in [0.25, 0.3) is 5.91 Å². The maximum absolute atomic E-state index is 13.4. The summed E-state index contributed by atoms with van der Waals surface area (Å²) < 4.78 is 5.77. The molecular weight excluding hydrogens is 550 g/mol. The summed E-state index contributed by atoms with van der Waals surface area (Å²) >= 11 is 1.41. The number of rotatable bonds is 10. The fourth-order valence-electron chi connectivity index (χ4n) is 4.89. The first-order chi connectivity index (χ1) is 20.4. The lowest BCUT2D eigenvalue weighted by atomic mass is 9.96. The molecule has 0 spiro atoms. The molecular formula is C32H31N5O4S. The fourth-order valence-corrected chi connectivity index (χ4v) is 5.72. The summed E-state index contributed by atoms with van der Waals surface area (Å²) in [5.74, 6) is 0.251. The molecule has 1 aliphatic rings. The van der Waals surface area contributed by atoms with Crippen molar-refractivity contribution in [3.8, 4) is 11.5 Å². The molecule has 1 aliphatic heterocycles. The van der Waals surface area contributed by atoms with Crippen molar-refractivity contribution < 1.29 is 19.1 Å². The Balaban J connectivity index is 1.21. The Kier molecular flexibility index (Phi) is 8.93. The third-order valence-corrected chi connectivity index (χ3v) is 8.03. The highest BCUT2D eigenvalue weighted by molar-refractivity contribution is 7.10. The predicted octanol–water partition coefficient (Wildman–Crippen LogP) is 4.26. The molecule has 10 heteroatoms. The van der Waals surface area contributed by atoms with Crippen LogP contribution in [0.15, 0.2) is 96.4 Å². The van der Waals surface area contributed by atoms with Gasteiger partial charge in [0.2, 0.25) is 11.8 Å². The van der Waals surface area contributed by atoms with Gasteiger partial charge >= 0.3 is 0 Å². The number of amides is 3. The van der Waals surface area contributed by atoms with Crippen molar-refractivity contribution in [3.63, 3.8) is 0 Å². The van der Waals surface area contributed by atoms with Crippen LogP contribution in [0.1, 0.15) is 38.7 Å². The smallest absolute Gasteiger partial charge is 0.251 e. The van der Waals surface area contributed by atoms with Gasteiger partial charge in [-0.1, -0.05) is 48.5 Å². The van der Waals surface area contributed by atoms with Gasteiger partial charge in [-0.3, -0.25) is 19.8 Å². The van der Waals surface area contributed by atoms with Crippen LogP contribution in [0.25, 0.3) is 0 Å². The topological polar surface area (TPSA) is 138 Å². The highest BCUT2D eigenvalue weighted by atomic mass is 32.1. The van der Waals surface area contributed by atoms with Crippen LogP contribution in [0.5, 0.6) is 11.5 Å². The van der Waals surface area contributed by atoms with E-state index in [1.165, 1.54) is 11.3 Å². The van der Waals surface area contributed by atoms with Crippen molar-refractivity contribution in [2.75, 3.05) is 13.1 Å². The summed E-state index contributed by atoms with van der Waals surface area (Å²) in [4.78, 5) is 41.9. The van der Waals surface area contributed by atoms with E-state index in [0.29, 0.717) is 35.6 Å². The molecule has 1 saturated heterocycles. The summed E-state index contributed by atoms with van der Waals surface area (Å²) in [5.41, 5.74) is 7.60. The van der Waals surface area contributed by atoms with Crippen LogP contribution in [-0.4, -0.2) is 47.6 Å². The molecule has 2 atom stereocenters. The van der Waals surface area contributed by atoms with Crippen molar-refractivity contribution >= 4 is 34.9 Å². The van der Waals surface area contributed by atoms with Gasteiger partial charge in [0, 0.05) is 33.8 Å². The monoisotopic (exact) mass is 581 g/mol. The number of nitrogens with one attached hydrogen (secondary N) is 3. The molecule has 1 fully saturated rings. The minimum atomic E-state index is -0.679. The maximum atomic E-state index is 13.4. The Morgan fingerprint density at radius 3 is 2.24 bits per heavy atom. The number of benzene rings is 3. The van der Waals surface area contributed by atoms with Crippen LogP contribution in [0.4, 0.5) is 0 Å². The van der Waals surface area contributed by atoms with Gasteiger partial charge in [-0.2, -0.15) is 0 Å². The molecule has 3 amide bonds. The SMILES string of the molecule is N=C(N)c1csc(CNC(=O)C2CC(c3ccccc3)CN2C(=O)CNC(=O)c2ccc(Oc3ccccc3)cc2)c1. The van der Waals surface area contributed by atoms with Crippen LogP contribution in [-0.2, 0) is 16.1 Å². The van der Waals surface area contributed by atoms with Crippen molar-refractivity contribution in [2.24, 2.45) is 5.73 Å². The third-order valence-electron chi connectivity index (χ3n) is 7.09. The van der Waals surface area contributed by atoms with Crippen LogP contribution < -0.4 is 21.1 Å². The Bertz CT molecular complexity index is 1560. The molecule has 4 aromatic rings. The predicted molar refractivity (Wildman–Crippen MR) is 162 cm³/mol. The van der Waals surface area contributed by atoms with Gasteiger partial charge in [-0.05, 0) is 54.4 Å². The number of nitrogens with two attached hydrogens (primary N) is 1. The van der Waals surface area contributed by atoms with Crippen molar-refractivity contribution in [3.05, 3.63) is 118 Å². The second-order valence-electron chi connectivity index (χ2n) is 9.96. The minimum Gasteiger partial charge on any atom is -0.457 e. The Morgan fingerprint density at radius 1 is 0.905 bits per heavy atom. The molecule has 2 unspecified atom stereocenters. The standard InChI is InChI=1S/C32H31N5O4S/c33-30(34)24-15-27(42-20-24)17-35-32(40)28-16-23(21-7-3-1-4-8-21)19-37(28)29(38)18-36-31(39)22-11-13-26(14-12-22)41-25-9-5-2-6-10-25/h1-15,20,23,28H,16-19H2,(H3,33,34)(H,35,40)(H,36,39). The van der Waals surface area contributed by atoms with Gasteiger partial charge in [0.05, 0.1) is 13.1 Å². The number of hydrogen-bond donors (Lipinski definition) is 4. The van der Waals surface area contributed by atoms with E-state index in [1.807, 2.05) is 60.7 Å². The third kappa shape index (κ3) is 7.02. The van der Waals surface area contributed by atoms with Crippen LogP contribution in [0.2, 0.25) is 0 Å². The molecule has 0 aliphatic carbocycles. The zero-order valence-electron chi connectivity index (χ0n) is 22.8. The minimum absolute atomic E-state index is 0.00943. The number of carbonyl (C=O) groups is 3. The molecule has 1 aromatic heterocycles. The van der Waals surface area contributed by atoms with Crippen molar-refractivity contribution in [1.82, 2.24) is 15.5 Å². The first-order valence-electron chi connectivity index (χ1n) is 13.5. The van der Waals surface area contributed by atoms with Crippen LogP contribution in [0, 0.1) is 5.41 Å². The summed E-state index contributed by atoms with van der Waals surface area (Å²) in [6, 6.07) is 26.9. The second-order valence-corrected chi connectivity index (χ2v) is 11.0. The number of ether oxygens (including phenoxy) is 1. The van der Waals surface area contributed by atoms with E-state index < -0.39 is 11.9 Å². The van der Waals surface area contributed by atoms with Gasteiger partial charge in [-0.15, -0.1) is 11.3 Å². The van der Waals surface area contributed by atoms with Crippen LogP contribution >= 0.6 is 11.3 Å². The number of thiophene rings is 1. The summed E-state index contributed by atoms with van der Waals surface area (Å²) in [5, 5.41) is 15.0. The summed E-state index contributed by atoms with van der Waals surface area (Å²) in [6.45, 7) is 0.404. The maximum Gasteiger partial charge on any atom is 0.251 e. The molecule has 0 bridgehead atoms. The number of para-hydroxylation sites is 1. The van der Waals surface area contributed by atoms with E-state index in [0.717, 1.165) is 10.4 Å². The first kappa shape index (κ1) is 28.6. The average molecular weight is 582 g/mol. The Hall–Kier alpha value is -4.96. The van der Waals surface area contributed by atoms with Gasteiger partial charge < -0.3 is 26.0 Å². The molecule has 0 radical (unpaired) electrons. The molecule has 3 aromatic carbocycles. The van der Waals surface area contributed by atoms with E-state index in [2.05, 4.69) is 10.6 Å². The number of likely N-dealkylation sites (tertiary alicyclic amines) is 1. The zero-order valence-corrected chi connectivity index (χ0v) is 23.6. The molecule has 5 N–H and O–H groups in total. The molecule has 9 nitrogen and oxygen atoms in total. The van der Waals surface area contributed by atoms with Gasteiger partial charge in [-0.25, -0.2) is 0 Å². The van der Waals surface area contributed by atoms with Crippen LogP contribution in [0.3, 0.4) is 0 Å². The first-order valence-corrected chi connectivity index (χ1v) is 14.4. The fraction of sp³-hybridized carbons (Fsp3) is 0.188. The highest BCUT2D eigenvalue weighted by Gasteiger charge is 2.40. The van der Waals surface area contributed by atoms with E-state index in [-0.39, 0.29) is 36.7 Å². The summed E-state index contributed by atoms with van der Waals surface area (Å²) in [7, 11) is 0. The number of nitrogens with zero attached hydrogens (tertiary/aromatic N) is 1. The van der Waals surface area contributed by atoms with E-state index in [9.17, 15) is 14.4 Å². The number of carbonyl (C=O) groups excluding carboxylic acids is 3. The summed E-state index contributed by atoms with van der Waals surface area (Å²) in [6.07, 6.45) is 0.474. The van der Waals surface area contributed by atoms with Gasteiger partial charge in [0.1, 0.15) is 23.4 Å². The lowest BCUT2D eigenvalue weighted by Crippen LogP contribution is -2.48. The number of nitrogen functional groups attached to an aromatic ring is 1. The normalized spacial score (nSPS) is 16.0. The molecule has 0 saturated carbocycles. The Morgan fingerprint density at radius 2 is 1.57 bits per heavy atom.